The molecule has 2 aromatic rings. The standard InChI is InChI=1S/C10H6BrFN2O/c11-8-1-2-9(12)10(3-8)14-5-7(6-15)4-13-14/h1-6H. The van der Waals surface area contributed by atoms with Gasteiger partial charge in [0.05, 0.1) is 11.8 Å². The number of carbonyl (C=O) groups is 1. The second-order valence-corrected chi connectivity index (χ2v) is 3.85. The first kappa shape index (κ1) is 10.0. The molecule has 5 heteroatoms. The van der Waals surface area contributed by atoms with Crippen LogP contribution in [0, 0.1) is 5.82 Å². The van der Waals surface area contributed by atoms with Crippen LogP contribution in [0.4, 0.5) is 4.39 Å². The third-order valence-corrected chi connectivity index (χ3v) is 2.39. The lowest BCUT2D eigenvalue weighted by molar-refractivity contribution is 0.112. The Balaban J connectivity index is 2.52. The highest BCUT2D eigenvalue weighted by molar-refractivity contribution is 9.10. The maximum atomic E-state index is 13.4. The minimum absolute atomic E-state index is 0.303. The molecule has 2 rings (SSSR count). The topological polar surface area (TPSA) is 34.9 Å². The smallest absolute Gasteiger partial charge is 0.153 e. The molecular formula is C10H6BrFN2O. The van der Waals surface area contributed by atoms with Crippen molar-refractivity contribution in [1.82, 2.24) is 9.78 Å². The summed E-state index contributed by atoms with van der Waals surface area (Å²) in [5.41, 5.74) is 0.715. The number of rotatable bonds is 2. The third-order valence-electron chi connectivity index (χ3n) is 1.89. The molecule has 0 fully saturated rings. The minimum Gasteiger partial charge on any atom is -0.298 e. The van der Waals surface area contributed by atoms with Crippen molar-refractivity contribution < 1.29 is 9.18 Å². The van der Waals surface area contributed by atoms with E-state index >= 15 is 0 Å². The summed E-state index contributed by atoms with van der Waals surface area (Å²) in [6, 6.07) is 4.53. The van der Waals surface area contributed by atoms with Crippen LogP contribution in [-0.4, -0.2) is 16.1 Å². The number of aldehydes is 1. The molecule has 0 unspecified atom stereocenters. The van der Waals surface area contributed by atoms with Gasteiger partial charge in [-0.2, -0.15) is 5.10 Å². The molecule has 0 aliphatic carbocycles. The molecule has 15 heavy (non-hydrogen) atoms. The van der Waals surface area contributed by atoms with Gasteiger partial charge in [-0.3, -0.25) is 4.79 Å². The zero-order valence-electron chi connectivity index (χ0n) is 7.52. The van der Waals surface area contributed by atoms with Crippen molar-refractivity contribution in [3.8, 4) is 5.69 Å². The molecule has 0 amide bonds. The summed E-state index contributed by atoms with van der Waals surface area (Å²) < 4.78 is 15.5. The third kappa shape index (κ3) is 1.97. The second kappa shape index (κ2) is 3.94. The molecule has 0 aliphatic rings. The van der Waals surface area contributed by atoms with E-state index in [9.17, 15) is 9.18 Å². The van der Waals surface area contributed by atoms with Crippen LogP contribution >= 0.6 is 15.9 Å². The van der Waals surface area contributed by atoms with Gasteiger partial charge in [-0.1, -0.05) is 15.9 Å². The Bertz CT molecular complexity index is 510. The van der Waals surface area contributed by atoms with Crippen LogP contribution in [-0.2, 0) is 0 Å². The first-order valence-corrected chi connectivity index (χ1v) is 4.95. The maximum Gasteiger partial charge on any atom is 0.153 e. The molecule has 76 valence electrons. The lowest BCUT2D eigenvalue weighted by Crippen LogP contribution is -1.97. The molecule has 0 atom stereocenters. The molecule has 1 aromatic carbocycles. The van der Waals surface area contributed by atoms with E-state index < -0.39 is 5.82 Å². The van der Waals surface area contributed by atoms with Crippen molar-refractivity contribution in [3.05, 3.63) is 46.4 Å². The Labute approximate surface area is 93.7 Å². The van der Waals surface area contributed by atoms with Crippen molar-refractivity contribution in [2.45, 2.75) is 0 Å². The summed E-state index contributed by atoms with van der Waals surface area (Å²) in [6.45, 7) is 0. The van der Waals surface area contributed by atoms with E-state index in [-0.39, 0.29) is 0 Å². The zero-order valence-corrected chi connectivity index (χ0v) is 9.11. The number of halogens is 2. The fourth-order valence-corrected chi connectivity index (χ4v) is 1.54. The van der Waals surface area contributed by atoms with Crippen LogP contribution in [0.1, 0.15) is 10.4 Å². The number of aromatic nitrogens is 2. The molecule has 0 aliphatic heterocycles. The number of carbonyl (C=O) groups excluding carboxylic acids is 1. The lowest BCUT2D eigenvalue weighted by atomic mass is 10.3. The van der Waals surface area contributed by atoms with Gasteiger partial charge in [0.15, 0.2) is 6.29 Å². The highest BCUT2D eigenvalue weighted by atomic mass is 79.9. The van der Waals surface area contributed by atoms with Crippen molar-refractivity contribution in [1.29, 1.82) is 0 Å². The van der Waals surface area contributed by atoms with Crippen LogP contribution in [0.5, 0.6) is 0 Å². The highest BCUT2D eigenvalue weighted by Gasteiger charge is 2.06. The molecule has 1 heterocycles. The normalized spacial score (nSPS) is 10.3. The molecule has 0 radical (unpaired) electrons. The summed E-state index contributed by atoms with van der Waals surface area (Å²) in [4.78, 5) is 10.4. The van der Waals surface area contributed by atoms with E-state index in [2.05, 4.69) is 21.0 Å². The predicted molar refractivity (Wildman–Crippen MR) is 56.6 cm³/mol. The van der Waals surface area contributed by atoms with Crippen LogP contribution in [0.25, 0.3) is 5.69 Å². The van der Waals surface area contributed by atoms with Crippen LogP contribution in [0.15, 0.2) is 35.1 Å². The maximum absolute atomic E-state index is 13.4. The number of hydrogen-bond acceptors (Lipinski definition) is 2. The fourth-order valence-electron chi connectivity index (χ4n) is 1.19. The summed E-state index contributed by atoms with van der Waals surface area (Å²) in [7, 11) is 0. The summed E-state index contributed by atoms with van der Waals surface area (Å²) >= 11 is 3.24. The van der Waals surface area contributed by atoms with Gasteiger partial charge in [-0.15, -0.1) is 0 Å². The quantitative estimate of drug-likeness (QED) is 0.785. The van der Waals surface area contributed by atoms with Gasteiger partial charge in [0.2, 0.25) is 0 Å². The predicted octanol–water partition coefficient (Wildman–Crippen LogP) is 2.59. The first-order valence-electron chi connectivity index (χ1n) is 4.16. The molecule has 0 N–H and O–H groups in total. The van der Waals surface area contributed by atoms with Crippen LogP contribution in [0.2, 0.25) is 0 Å². The minimum atomic E-state index is -0.390. The molecule has 0 saturated heterocycles. The first-order chi connectivity index (χ1) is 7.20. The Kier molecular flexibility index (Phi) is 2.64. The number of hydrogen-bond donors (Lipinski definition) is 0. The highest BCUT2D eigenvalue weighted by Crippen LogP contribution is 2.18. The van der Waals surface area contributed by atoms with Gasteiger partial charge >= 0.3 is 0 Å². The summed E-state index contributed by atoms with van der Waals surface area (Å²) in [5.74, 6) is -0.390. The van der Waals surface area contributed by atoms with Crippen molar-refractivity contribution >= 4 is 22.2 Å². The largest absolute Gasteiger partial charge is 0.298 e. The average Bonchev–Trinajstić information content (AvgIpc) is 2.70. The SMILES string of the molecule is O=Cc1cnn(-c2cc(Br)ccc2F)c1. The van der Waals surface area contributed by atoms with Crippen molar-refractivity contribution in [3.63, 3.8) is 0 Å². The molecule has 0 bridgehead atoms. The van der Waals surface area contributed by atoms with Gasteiger partial charge in [0.1, 0.15) is 11.5 Å². The lowest BCUT2D eigenvalue weighted by Gasteiger charge is -2.02. The average molecular weight is 269 g/mol. The van der Waals surface area contributed by atoms with Gasteiger partial charge in [0.25, 0.3) is 0 Å². The van der Waals surface area contributed by atoms with Gasteiger partial charge in [-0.05, 0) is 18.2 Å². The Morgan fingerprint density at radius 3 is 2.93 bits per heavy atom. The van der Waals surface area contributed by atoms with Crippen molar-refractivity contribution in [2.75, 3.05) is 0 Å². The number of benzene rings is 1. The number of nitrogens with zero attached hydrogens (tertiary/aromatic N) is 2. The fraction of sp³-hybridized carbons (Fsp3) is 0. The Morgan fingerprint density at radius 1 is 1.47 bits per heavy atom. The Hall–Kier alpha value is -1.49. The van der Waals surface area contributed by atoms with Gasteiger partial charge in [0, 0.05) is 10.7 Å². The monoisotopic (exact) mass is 268 g/mol. The van der Waals surface area contributed by atoms with E-state index in [1.165, 1.54) is 23.1 Å². The molecule has 0 spiro atoms. The van der Waals surface area contributed by atoms with E-state index in [4.69, 9.17) is 0 Å². The van der Waals surface area contributed by atoms with E-state index in [1.54, 1.807) is 12.1 Å². The summed E-state index contributed by atoms with van der Waals surface area (Å²) in [5, 5.41) is 3.88. The van der Waals surface area contributed by atoms with E-state index in [1.807, 2.05) is 0 Å². The molecule has 0 saturated carbocycles. The second-order valence-electron chi connectivity index (χ2n) is 2.93. The molecular weight excluding hydrogens is 263 g/mol. The van der Waals surface area contributed by atoms with Crippen LogP contribution < -0.4 is 0 Å². The van der Waals surface area contributed by atoms with Gasteiger partial charge in [-0.25, -0.2) is 9.07 Å². The van der Waals surface area contributed by atoms with E-state index in [0.29, 0.717) is 17.5 Å². The molecule has 1 aromatic heterocycles. The Morgan fingerprint density at radius 2 is 2.27 bits per heavy atom. The van der Waals surface area contributed by atoms with E-state index in [0.717, 1.165) is 4.47 Å². The summed E-state index contributed by atoms with van der Waals surface area (Å²) in [6.07, 6.45) is 3.52. The van der Waals surface area contributed by atoms with Crippen LogP contribution in [0.3, 0.4) is 0 Å². The molecule has 3 nitrogen and oxygen atoms in total. The zero-order chi connectivity index (χ0) is 10.8. The van der Waals surface area contributed by atoms with Gasteiger partial charge < -0.3 is 0 Å². The van der Waals surface area contributed by atoms with Crippen molar-refractivity contribution in [2.24, 2.45) is 0 Å².